The van der Waals surface area contributed by atoms with Gasteiger partial charge in [0.05, 0.1) is 0 Å². The van der Waals surface area contributed by atoms with Crippen molar-refractivity contribution in [1.82, 2.24) is 9.97 Å². The van der Waals surface area contributed by atoms with Crippen molar-refractivity contribution in [3.63, 3.8) is 0 Å². The molecule has 0 saturated heterocycles. The first-order valence-corrected chi connectivity index (χ1v) is 7.85. The van der Waals surface area contributed by atoms with Crippen molar-refractivity contribution in [2.45, 2.75) is 71.3 Å². The number of aryl methyl sites for hydroxylation is 1. The quantitative estimate of drug-likeness (QED) is 0.438. The van der Waals surface area contributed by atoms with E-state index in [1.54, 1.807) is 0 Å². The van der Waals surface area contributed by atoms with Crippen LogP contribution >= 0.6 is 0 Å². The van der Waals surface area contributed by atoms with Crippen molar-refractivity contribution in [3.8, 4) is 0 Å². The van der Waals surface area contributed by atoms with Gasteiger partial charge in [-0.25, -0.2) is 15.8 Å². The molecule has 20 heavy (non-hydrogen) atoms. The summed E-state index contributed by atoms with van der Waals surface area (Å²) in [6, 6.07) is 0.534. The average molecular weight is 277 g/mol. The van der Waals surface area contributed by atoms with Gasteiger partial charge in [-0.05, 0) is 26.2 Å². The van der Waals surface area contributed by atoms with E-state index in [1.165, 1.54) is 38.5 Å². The Morgan fingerprint density at radius 2 is 1.75 bits per heavy atom. The predicted molar refractivity (Wildman–Crippen MR) is 83.7 cm³/mol. The number of hydrogen-bond acceptors (Lipinski definition) is 5. The number of nitrogens with one attached hydrogen (secondary N) is 2. The molecule has 1 aliphatic rings. The van der Waals surface area contributed by atoms with Crippen LogP contribution < -0.4 is 16.6 Å². The minimum absolute atomic E-state index is 0.534. The highest BCUT2D eigenvalue weighted by atomic mass is 15.3. The fourth-order valence-corrected chi connectivity index (χ4v) is 2.80. The zero-order chi connectivity index (χ0) is 14.4. The molecule has 1 fully saturated rings. The molecule has 1 aliphatic carbocycles. The Morgan fingerprint density at radius 3 is 2.35 bits per heavy atom. The highest BCUT2D eigenvalue weighted by molar-refractivity contribution is 5.57. The Labute approximate surface area is 121 Å². The SMILES string of the molecule is CCCc1nc(NN)c(C)c(NC2CCCCCC2)n1. The molecule has 5 heteroatoms. The fourth-order valence-electron chi connectivity index (χ4n) is 2.80. The zero-order valence-corrected chi connectivity index (χ0v) is 12.7. The van der Waals surface area contributed by atoms with E-state index in [0.717, 1.165) is 35.9 Å². The lowest BCUT2D eigenvalue weighted by Gasteiger charge is -2.20. The van der Waals surface area contributed by atoms with Gasteiger partial charge < -0.3 is 10.7 Å². The highest BCUT2D eigenvalue weighted by Gasteiger charge is 2.16. The number of aromatic nitrogens is 2. The third kappa shape index (κ3) is 3.82. The summed E-state index contributed by atoms with van der Waals surface area (Å²) in [7, 11) is 0. The molecule has 0 aromatic carbocycles. The maximum absolute atomic E-state index is 5.57. The minimum Gasteiger partial charge on any atom is -0.367 e. The van der Waals surface area contributed by atoms with E-state index in [1.807, 2.05) is 6.92 Å². The number of nitrogens with zero attached hydrogens (tertiary/aromatic N) is 2. The average Bonchev–Trinajstić information content (AvgIpc) is 2.71. The minimum atomic E-state index is 0.534. The standard InChI is InChI=1S/C15H27N5/c1-3-8-13-18-14(11(2)15(19-13)20-16)17-12-9-6-4-5-7-10-12/h12H,3-10,16H2,1-2H3,(H2,17,18,19,20). The first-order chi connectivity index (χ1) is 9.74. The summed E-state index contributed by atoms with van der Waals surface area (Å²) in [6.45, 7) is 4.15. The number of rotatable bonds is 5. The second-order valence-electron chi connectivity index (χ2n) is 5.69. The van der Waals surface area contributed by atoms with Gasteiger partial charge in [0.25, 0.3) is 0 Å². The molecule has 0 amide bonds. The number of nitrogens with two attached hydrogens (primary N) is 1. The van der Waals surface area contributed by atoms with Crippen molar-refractivity contribution < 1.29 is 0 Å². The van der Waals surface area contributed by atoms with Crippen LogP contribution in [0.4, 0.5) is 11.6 Å². The largest absolute Gasteiger partial charge is 0.367 e. The van der Waals surface area contributed by atoms with Crippen LogP contribution in [0.5, 0.6) is 0 Å². The van der Waals surface area contributed by atoms with Crippen LogP contribution in [0.1, 0.15) is 63.3 Å². The summed E-state index contributed by atoms with van der Waals surface area (Å²) >= 11 is 0. The van der Waals surface area contributed by atoms with Gasteiger partial charge in [-0.2, -0.15) is 0 Å². The highest BCUT2D eigenvalue weighted by Crippen LogP contribution is 2.24. The predicted octanol–water partition coefficient (Wildman–Crippen LogP) is 3.16. The molecule has 0 aliphatic heterocycles. The van der Waals surface area contributed by atoms with Crippen LogP contribution in [0.3, 0.4) is 0 Å². The van der Waals surface area contributed by atoms with Crippen LogP contribution in [0.15, 0.2) is 0 Å². The maximum atomic E-state index is 5.57. The summed E-state index contributed by atoms with van der Waals surface area (Å²) < 4.78 is 0. The molecule has 1 saturated carbocycles. The van der Waals surface area contributed by atoms with Crippen molar-refractivity contribution in [1.29, 1.82) is 0 Å². The fraction of sp³-hybridized carbons (Fsp3) is 0.733. The van der Waals surface area contributed by atoms with Gasteiger partial charge >= 0.3 is 0 Å². The second-order valence-corrected chi connectivity index (χ2v) is 5.69. The van der Waals surface area contributed by atoms with Gasteiger partial charge in [0.2, 0.25) is 0 Å². The summed E-state index contributed by atoms with van der Waals surface area (Å²) in [5, 5.41) is 3.62. The molecule has 1 aromatic heterocycles. The van der Waals surface area contributed by atoms with E-state index in [9.17, 15) is 0 Å². The molecule has 0 unspecified atom stereocenters. The van der Waals surface area contributed by atoms with Crippen molar-refractivity contribution in [2.24, 2.45) is 5.84 Å². The molecule has 4 N–H and O–H groups in total. The zero-order valence-electron chi connectivity index (χ0n) is 12.7. The molecule has 0 radical (unpaired) electrons. The van der Waals surface area contributed by atoms with Gasteiger partial charge in [-0.15, -0.1) is 0 Å². The van der Waals surface area contributed by atoms with Crippen molar-refractivity contribution in [3.05, 3.63) is 11.4 Å². The van der Waals surface area contributed by atoms with Gasteiger partial charge in [0.15, 0.2) is 0 Å². The molecule has 5 nitrogen and oxygen atoms in total. The topological polar surface area (TPSA) is 75.9 Å². The van der Waals surface area contributed by atoms with Gasteiger partial charge in [0, 0.05) is 18.0 Å². The third-order valence-electron chi connectivity index (χ3n) is 4.00. The van der Waals surface area contributed by atoms with Gasteiger partial charge in [-0.1, -0.05) is 32.6 Å². The molecule has 2 rings (SSSR count). The molecular formula is C15H27N5. The Hall–Kier alpha value is -1.36. The summed E-state index contributed by atoms with van der Waals surface area (Å²) in [4.78, 5) is 9.14. The Bertz CT molecular complexity index is 425. The lowest BCUT2D eigenvalue weighted by atomic mass is 10.1. The van der Waals surface area contributed by atoms with E-state index in [0.29, 0.717) is 6.04 Å². The van der Waals surface area contributed by atoms with Gasteiger partial charge in [0.1, 0.15) is 17.5 Å². The number of anilines is 2. The third-order valence-corrected chi connectivity index (χ3v) is 4.00. The molecule has 1 heterocycles. The monoisotopic (exact) mass is 277 g/mol. The van der Waals surface area contributed by atoms with E-state index in [4.69, 9.17) is 5.84 Å². The first-order valence-electron chi connectivity index (χ1n) is 7.85. The lowest BCUT2D eigenvalue weighted by molar-refractivity contribution is 0.616. The van der Waals surface area contributed by atoms with Crippen LogP contribution in [0.2, 0.25) is 0 Å². The molecular weight excluding hydrogens is 250 g/mol. The smallest absolute Gasteiger partial charge is 0.148 e. The Kier molecular flexibility index (Phi) is 5.59. The molecule has 112 valence electrons. The summed E-state index contributed by atoms with van der Waals surface area (Å²) in [6.07, 6.45) is 9.73. The molecule has 1 aromatic rings. The molecule has 0 spiro atoms. The summed E-state index contributed by atoms with van der Waals surface area (Å²) in [5.74, 6) is 8.12. The van der Waals surface area contributed by atoms with E-state index in [-0.39, 0.29) is 0 Å². The van der Waals surface area contributed by atoms with Crippen LogP contribution in [0, 0.1) is 6.92 Å². The Balaban J connectivity index is 2.17. The summed E-state index contributed by atoms with van der Waals surface area (Å²) in [5.41, 5.74) is 3.70. The van der Waals surface area contributed by atoms with Crippen molar-refractivity contribution >= 4 is 11.6 Å². The molecule has 0 atom stereocenters. The van der Waals surface area contributed by atoms with Crippen molar-refractivity contribution in [2.75, 3.05) is 10.7 Å². The number of nitrogen functional groups attached to an aromatic ring is 1. The van der Waals surface area contributed by atoms with E-state index >= 15 is 0 Å². The van der Waals surface area contributed by atoms with Gasteiger partial charge in [-0.3, -0.25) is 0 Å². The van der Waals surface area contributed by atoms with Crippen LogP contribution in [-0.2, 0) is 6.42 Å². The van der Waals surface area contributed by atoms with Crippen LogP contribution in [0.25, 0.3) is 0 Å². The number of hydrazine groups is 1. The first kappa shape index (κ1) is 15.0. The van der Waals surface area contributed by atoms with Crippen LogP contribution in [-0.4, -0.2) is 16.0 Å². The Morgan fingerprint density at radius 1 is 1.10 bits per heavy atom. The van der Waals surface area contributed by atoms with E-state index < -0.39 is 0 Å². The van der Waals surface area contributed by atoms with E-state index in [2.05, 4.69) is 27.6 Å². The number of hydrogen-bond donors (Lipinski definition) is 3. The maximum Gasteiger partial charge on any atom is 0.148 e. The second kappa shape index (κ2) is 7.43. The molecule has 0 bridgehead atoms. The normalized spacial score (nSPS) is 16.8. The lowest BCUT2D eigenvalue weighted by Crippen LogP contribution is -2.22.